The zero-order chi connectivity index (χ0) is 17.5. The second kappa shape index (κ2) is 6.24. The van der Waals surface area contributed by atoms with Gasteiger partial charge in [-0.25, -0.2) is 4.98 Å². The van der Waals surface area contributed by atoms with Gasteiger partial charge in [-0.1, -0.05) is 30.3 Å². The third-order valence-electron chi connectivity index (χ3n) is 4.58. The Kier molecular flexibility index (Phi) is 3.73. The predicted octanol–water partition coefficient (Wildman–Crippen LogP) is 6.70. The van der Waals surface area contributed by atoms with Crippen molar-refractivity contribution in [3.8, 4) is 32.3 Å². The molecule has 0 unspecified atom stereocenters. The van der Waals surface area contributed by atoms with E-state index in [4.69, 9.17) is 4.98 Å². The fraction of sp³-hybridized carbons (Fsp3) is 0.0455. The first kappa shape index (κ1) is 15.6. The van der Waals surface area contributed by atoms with Gasteiger partial charge in [-0.3, -0.25) is 0 Å². The largest absolute Gasteiger partial charge is 0.350 e. The van der Waals surface area contributed by atoms with Crippen molar-refractivity contribution in [2.45, 2.75) is 0 Å². The average Bonchev–Trinajstić information content (AvgIpc) is 3.43. The van der Waals surface area contributed by atoms with Gasteiger partial charge in [0.2, 0.25) is 0 Å². The second-order valence-electron chi connectivity index (χ2n) is 6.25. The van der Waals surface area contributed by atoms with E-state index in [2.05, 4.69) is 89.2 Å². The summed E-state index contributed by atoms with van der Waals surface area (Å²) in [6.45, 7) is 0. The van der Waals surface area contributed by atoms with Crippen LogP contribution in [0.2, 0.25) is 0 Å². The van der Waals surface area contributed by atoms with Crippen molar-refractivity contribution < 1.29 is 0 Å². The van der Waals surface area contributed by atoms with Gasteiger partial charge < -0.3 is 4.57 Å². The van der Waals surface area contributed by atoms with Crippen LogP contribution in [-0.2, 0) is 7.05 Å². The second-order valence-corrected chi connectivity index (χ2v) is 8.15. The van der Waals surface area contributed by atoms with Gasteiger partial charge >= 0.3 is 0 Å². The van der Waals surface area contributed by atoms with E-state index in [1.54, 1.807) is 22.7 Å². The third-order valence-corrected chi connectivity index (χ3v) is 6.37. The van der Waals surface area contributed by atoms with E-state index < -0.39 is 0 Å². The minimum atomic E-state index is 1.04. The van der Waals surface area contributed by atoms with Crippen LogP contribution in [0.4, 0.5) is 0 Å². The molecule has 4 heteroatoms. The molecule has 0 aliphatic carbocycles. The lowest BCUT2D eigenvalue weighted by molar-refractivity contribution is 0.970. The number of benzene rings is 1. The van der Waals surface area contributed by atoms with E-state index in [1.165, 1.54) is 31.8 Å². The molecule has 2 nitrogen and oxygen atoms in total. The van der Waals surface area contributed by atoms with E-state index in [9.17, 15) is 0 Å². The molecule has 0 aliphatic heterocycles. The SMILES string of the molecule is Cn1cc(-c2cc(-c3cccs3)nc(-c3cccs3)c2)c2ccccc21. The van der Waals surface area contributed by atoms with Gasteiger partial charge in [-0.15, -0.1) is 22.7 Å². The number of para-hydroxylation sites is 1. The molecule has 0 aliphatic rings. The van der Waals surface area contributed by atoms with Crippen molar-refractivity contribution in [2.75, 3.05) is 0 Å². The lowest BCUT2D eigenvalue weighted by Gasteiger charge is -2.07. The number of pyridine rings is 1. The number of thiophene rings is 2. The van der Waals surface area contributed by atoms with Crippen LogP contribution in [0, 0.1) is 0 Å². The summed E-state index contributed by atoms with van der Waals surface area (Å²) in [6, 6.07) is 21.4. The van der Waals surface area contributed by atoms with E-state index in [0.717, 1.165) is 11.4 Å². The number of rotatable bonds is 3. The summed E-state index contributed by atoms with van der Waals surface area (Å²) in [4.78, 5) is 7.34. The van der Waals surface area contributed by atoms with Crippen molar-refractivity contribution in [3.05, 3.63) is 77.6 Å². The minimum Gasteiger partial charge on any atom is -0.350 e. The maximum absolute atomic E-state index is 4.94. The normalized spacial score (nSPS) is 11.3. The van der Waals surface area contributed by atoms with Gasteiger partial charge in [0.1, 0.15) is 0 Å². The summed E-state index contributed by atoms with van der Waals surface area (Å²) >= 11 is 3.46. The van der Waals surface area contributed by atoms with Gasteiger partial charge in [-0.05, 0) is 46.7 Å². The van der Waals surface area contributed by atoms with E-state index >= 15 is 0 Å². The van der Waals surface area contributed by atoms with Crippen LogP contribution in [0.1, 0.15) is 0 Å². The number of nitrogens with zero attached hydrogens (tertiary/aromatic N) is 2. The fourth-order valence-corrected chi connectivity index (χ4v) is 4.73. The number of fused-ring (bicyclic) bond motifs is 1. The Morgan fingerprint density at radius 2 is 1.46 bits per heavy atom. The zero-order valence-electron chi connectivity index (χ0n) is 14.2. The highest BCUT2D eigenvalue weighted by Gasteiger charge is 2.13. The van der Waals surface area contributed by atoms with Crippen LogP contribution in [0.15, 0.2) is 77.6 Å². The molecule has 5 rings (SSSR count). The number of hydrogen-bond donors (Lipinski definition) is 0. The smallest absolute Gasteiger partial charge is 0.0815 e. The molecule has 0 amide bonds. The molecule has 5 aromatic rings. The highest BCUT2D eigenvalue weighted by atomic mass is 32.1. The number of aromatic nitrogens is 2. The van der Waals surface area contributed by atoms with Gasteiger partial charge in [-0.2, -0.15) is 0 Å². The monoisotopic (exact) mass is 372 g/mol. The Morgan fingerprint density at radius 3 is 2.08 bits per heavy atom. The number of hydrogen-bond acceptors (Lipinski definition) is 3. The molecule has 0 N–H and O–H groups in total. The van der Waals surface area contributed by atoms with Crippen LogP contribution in [-0.4, -0.2) is 9.55 Å². The first-order valence-corrected chi connectivity index (χ1v) is 10.2. The van der Waals surface area contributed by atoms with Gasteiger partial charge in [0, 0.05) is 29.7 Å². The molecule has 0 fully saturated rings. The molecular weight excluding hydrogens is 356 g/mol. The summed E-state index contributed by atoms with van der Waals surface area (Å²) in [7, 11) is 2.10. The Balaban J connectivity index is 1.78. The topological polar surface area (TPSA) is 17.8 Å². The standard InChI is InChI=1S/C22H16N2S2/c1-24-14-17(16-6-2-3-7-20(16)24)15-12-18(21-8-4-10-25-21)23-19(13-15)22-9-5-11-26-22/h2-14H,1H3. The van der Waals surface area contributed by atoms with Gasteiger partial charge in [0.25, 0.3) is 0 Å². The summed E-state index contributed by atoms with van der Waals surface area (Å²) in [6.07, 6.45) is 2.22. The quantitative estimate of drug-likeness (QED) is 0.345. The Labute approximate surface area is 160 Å². The summed E-state index contributed by atoms with van der Waals surface area (Å²) in [5.74, 6) is 0. The molecule has 0 spiro atoms. The Bertz CT molecular complexity index is 1130. The summed E-state index contributed by atoms with van der Waals surface area (Å²) in [5.41, 5.74) is 5.78. The fourth-order valence-electron chi connectivity index (χ4n) is 3.36. The Hall–Kier alpha value is -2.69. The van der Waals surface area contributed by atoms with Crippen molar-refractivity contribution in [3.63, 3.8) is 0 Å². The molecule has 0 radical (unpaired) electrons. The molecule has 0 saturated carbocycles. The summed E-state index contributed by atoms with van der Waals surface area (Å²) in [5, 5.41) is 5.48. The van der Waals surface area contributed by atoms with Crippen molar-refractivity contribution in [1.29, 1.82) is 0 Å². The predicted molar refractivity (Wildman–Crippen MR) is 113 cm³/mol. The van der Waals surface area contributed by atoms with Crippen LogP contribution >= 0.6 is 22.7 Å². The molecule has 0 saturated heterocycles. The molecule has 26 heavy (non-hydrogen) atoms. The van der Waals surface area contributed by atoms with Crippen LogP contribution in [0.25, 0.3) is 43.2 Å². The number of aryl methyl sites for hydroxylation is 1. The van der Waals surface area contributed by atoms with E-state index in [0.29, 0.717) is 0 Å². The Morgan fingerprint density at radius 1 is 0.808 bits per heavy atom. The van der Waals surface area contributed by atoms with Gasteiger partial charge in [0.05, 0.1) is 21.1 Å². The molecule has 4 heterocycles. The first-order chi connectivity index (χ1) is 12.8. The molecular formula is C22H16N2S2. The lowest BCUT2D eigenvalue weighted by Crippen LogP contribution is -1.88. The van der Waals surface area contributed by atoms with Crippen LogP contribution in [0.3, 0.4) is 0 Å². The first-order valence-electron chi connectivity index (χ1n) is 8.44. The zero-order valence-corrected chi connectivity index (χ0v) is 15.8. The van der Waals surface area contributed by atoms with E-state index in [1.807, 2.05) is 0 Å². The molecule has 1 aromatic carbocycles. The van der Waals surface area contributed by atoms with Crippen molar-refractivity contribution in [2.24, 2.45) is 7.05 Å². The van der Waals surface area contributed by atoms with E-state index in [-0.39, 0.29) is 0 Å². The van der Waals surface area contributed by atoms with Gasteiger partial charge in [0.15, 0.2) is 0 Å². The maximum Gasteiger partial charge on any atom is 0.0815 e. The third kappa shape index (κ3) is 2.59. The minimum absolute atomic E-state index is 1.04. The van der Waals surface area contributed by atoms with Crippen molar-refractivity contribution >= 4 is 33.6 Å². The highest BCUT2D eigenvalue weighted by molar-refractivity contribution is 7.13. The average molecular weight is 373 g/mol. The molecule has 126 valence electrons. The highest BCUT2D eigenvalue weighted by Crippen LogP contribution is 2.36. The summed E-state index contributed by atoms with van der Waals surface area (Å²) < 4.78 is 2.20. The molecule has 0 atom stereocenters. The van der Waals surface area contributed by atoms with Crippen LogP contribution < -0.4 is 0 Å². The van der Waals surface area contributed by atoms with Crippen molar-refractivity contribution in [1.82, 2.24) is 9.55 Å². The molecule has 4 aromatic heterocycles. The lowest BCUT2D eigenvalue weighted by atomic mass is 10.0. The van der Waals surface area contributed by atoms with Crippen LogP contribution in [0.5, 0.6) is 0 Å². The molecule has 0 bridgehead atoms. The maximum atomic E-state index is 4.94.